The number of nitrogens with one attached hydrogen (secondary N) is 1. The Morgan fingerprint density at radius 3 is 2.81 bits per heavy atom. The third-order valence-electron chi connectivity index (χ3n) is 5.10. The van der Waals surface area contributed by atoms with Gasteiger partial charge in [-0.1, -0.05) is 31.0 Å². The van der Waals surface area contributed by atoms with E-state index in [1.807, 2.05) is 19.1 Å². The molecule has 0 aromatic carbocycles. The molecule has 3 amide bonds. The Morgan fingerprint density at radius 2 is 2.15 bits per heavy atom. The average molecular weight is 389 g/mol. The van der Waals surface area contributed by atoms with Gasteiger partial charge in [-0.05, 0) is 31.9 Å². The molecule has 2 aromatic heterocycles. The standard InChI is InChI=1S/C18H23N5O3S/c1-12(16(24)22-10-9-19-17(22)25)27-18-21-20-15(14-8-5-11-26-14)23(18)13-6-3-2-4-7-13/h5,8,11-13H,2-4,6-7,9-10H2,1H3,(H,19,25). The number of urea groups is 1. The van der Waals surface area contributed by atoms with Gasteiger partial charge in [0.15, 0.2) is 10.9 Å². The van der Waals surface area contributed by atoms with Crippen LogP contribution in [0.5, 0.6) is 0 Å². The molecule has 27 heavy (non-hydrogen) atoms. The molecular weight excluding hydrogens is 366 g/mol. The first-order valence-corrected chi connectivity index (χ1v) is 10.3. The van der Waals surface area contributed by atoms with E-state index in [9.17, 15) is 9.59 Å². The van der Waals surface area contributed by atoms with Crippen LogP contribution in [0.15, 0.2) is 28.0 Å². The number of aromatic nitrogens is 3. The van der Waals surface area contributed by atoms with Crippen molar-refractivity contribution in [3.05, 3.63) is 18.4 Å². The van der Waals surface area contributed by atoms with Crippen LogP contribution in [0.3, 0.4) is 0 Å². The Bertz CT molecular complexity index is 813. The molecular formula is C18H23N5O3S. The smallest absolute Gasteiger partial charge is 0.324 e. The Hall–Kier alpha value is -2.29. The van der Waals surface area contributed by atoms with Crippen molar-refractivity contribution in [2.24, 2.45) is 0 Å². The maximum Gasteiger partial charge on any atom is 0.324 e. The van der Waals surface area contributed by atoms with Crippen LogP contribution >= 0.6 is 11.8 Å². The van der Waals surface area contributed by atoms with E-state index in [-0.39, 0.29) is 11.9 Å². The van der Waals surface area contributed by atoms with Crippen LogP contribution < -0.4 is 5.32 Å². The number of carbonyl (C=O) groups is 2. The van der Waals surface area contributed by atoms with Crippen molar-refractivity contribution in [2.45, 2.75) is 55.5 Å². The number of rotatable bonds is 5. The molecule has 0 bridgehead atoms. The van der Waals surface area contributed by atoms with Gasteiger partial charge in [-0.2, -0.15) is 0 Å². The highest BCUT2D eigenvalue weighted by Crippen LogP contribution is 2.36. The van der Waals surface area contributed by atoms with E-state index in [2.05, 4.69) is 20.1 Å². The van der Waals surface area contributed by atoms with Crippen molar-refractivity contribution in [2.75, 3.05) is 13.1 Å². The molecule has 2 aromatic rings. The number of furan rings is 1. The van der Waals surface area contributed by atoms with Gasteiger partial charge in [0.25, 0.3) is 0 Å². The summed E-state index contributed by atoms with van der Waals surface area (Å²) in [6, 6.07) is 3.69. The summed E-state index contributed by atoms with van der Waals surface area (Å²) in [4.78, 5) is 25.7. The van der Waals surface area contributed by atoms with Gasteiger partial charge in [0.05, 0.1) is 11.5 Å². The molecule has 1 aliphatic carbocycles. The van der Waals surface area contributed by atoms with Gasteiger partial charge in [-0.15, -0.1) is 10.2 Å². The Balaban J connectivity index is 1.60. The van der Waals surface area contributed by atoms with Gasteiger partial charge in [0.2, 0.25) is 11.7 Å². The molecule has 2 aliphatic rings. The quantitative estimate of drug-likeness (QED) is 0.790. The van der Waals surface area contributed by atoms with Crippen LogP contribution in [-0.2, 0) is 4.79 Å². The van der Waals surface area contributed by atoms with Crippen molar-refractivity contribution < 1.29 is 14.0 Å². The normalized spacial score (nSPS) is 19.3. The fourth-order valence-electron chi connectivity index (χ4n) is 3.71. The second-order valence-corrected chi connectivity index (χ2v) is 8.24. The zero-order valence-corrected chi connectivity index (χ0v) is 16.1. The lowest BCUT2D eigenvalue weighted by molar-refractivity contribution is -0.126. The van der Waals surface area contributed by atoms with Crippen molar-refractivity contribution >= 4 is 23.7 Å². The summed E-state index contributed by atoms with van der Waals surface area (Å²) < 4.78 is 7.67. The summed E-state index contributed by atoms with van der Waals surface area (Å²) in [5, 5.41) is 11.7. The summed E-state index contributed by atoms with van der Waals surface area (Å²) in [6.07, 6.45) is 7.35. The molecule has 3 heterocycles. The Kier molecular flexibility index (Phi) is 5.20. The zero-order valence-electron chi connectivity index (χ0n) is 15.3. The van der Waals surface area contributed by atoms with Crippen molar-refractivity contribution in [3.63, 3.8) is 0 Å². The van der Waals surface area contributed by atoms with Crippen LogP contribution in [0.4, 0.5) is 4.79 Å². The number of hydrogen-bond donors (Lipinski definition) is 1. The third kappa shape index (κ3) is 3.60. The minimum absolute atomic E-state index is 0.201. The zero-order chi connectivity index (χ0) is 18.8. The van der Waals surface area contributed by atoms with Crippen LogP contribution in [0, 0.1) is 0 Å². The number of nitrogens with zero attached hydrogens (tertiary/aromatic N) is 4. The van der Waals surface area contributed by atoms with E-state index in [0.717, 1.165) is 12.8 Å². The third-order valence-corrected chi connectivity index (χ3v) is 6.14. The predicted octanol–water partition coefficient (Wildman–Crippen LogP) is 3.08. The molecule has 1 atom stereocenters. The van der Waals surface area contributed by atoms with Gasteiger partial charge < -0.3 is 9.73 Å². The molecule has 144 valence electrons. The summed E-state index contributed by atoms with van der Waals surface area (Å²) in [5.41, 5.74) is 0. The summed E-state index contributed by atoms with van der Waals surface area (Å²) in [5.74, 6) is 1.18. The fourth-order valence-corrected chi connectivity index (χ4v) is 4.69. The number of imide groups is 1. The Morgan fingerprint density at radius 1 is 1.33 bits per heavy atom. The van der Waals surface area contributed by atoms with E-state index < -0.39 is 5.25 Å². The molecule has 8 nitrogen and oxygen atoms in total. The molecule has 1 saturated carbocycles. The highest BCUT2D eigenvalue weighted by molar-refractivity contribution is 8.00. The number of carbonyl (C=O) groups excluding carboxylic acids is 2. The minimum Gasteiger partial charge on any atom is -0.461 e. The van der Waals surface area contributed by atoms with Crippen molar-refractivity contribution in [3.8, 4) is 11.6 Å². The molecule has 1 saturated heterocycles. The molecule has 2 fully saturated rings. The largest absolute Gasteiger partial charge is 0.461 e. The summed E-state index contributed by atoms with van der Waals surface area (Å²) >= 11 is 1.36. The number of amides is 3. The second-order valence-electron chi connectivity index (χ2n) is 6.93. The first kappa shape index (κ1) is 18.1. The van der Waals surface area contributed by atoms with Gasteiger partial charge in [-0.3, -0.25) is 14.3 Å². The van der Waals surface area contributed by atoms with Crippen LogP contribution in [0.25, 0.3) is 11.6 Å². The molecule has 0 radical (unpaired) electrons. The number of hydrogen-bond acceptors (Lipinski definition) is 6. The van der Waals surface area contributed by atoms with Crippen LogP contribution in [0.1, 0.15) is 45.1 Å². The van der Waals surface area contributed by atoms with E-state index in [4.69, 9.17) is 4.42 Å². The number of thioether (sulfide) groups is 1. The summed E-state index contributed by atoms with van der Waals surface area (Å²) in [6.45, 7) is 2.73. The molecule has 4 rings (SSSR count). The maximum atomic E-state index is 12.7. The van der Waals surface area contributed by atoms with Gasteiger partial charge in [-0.25, -0.2) is 4.79 Å². The lowest BCUT2D eigenvalue weighted by Crippen LogP contribution is -2.39. The molecule has 9 heteroatoms. The van der Waals surface area contributed by atoms with E-state index in [0.29, 0.717) is 35.9 Å². The lowest BCUT2D eigenvalue weighted by Gasteiger charge is -2.26. The molecule has 1 N–H and O–H groups in total. The highest BCUT2D eigenvalue weighted by Gasteiger charge is 2.32. The lowest BCUT2D eigenvalue weighted by atomic mass is 9.95. The molecule has 1 unspecified atom stereocenters. The predicted molar refractivity (Wildman–Crippen MR) is 100 cm³/mol. The maximum absolute atomic E-state index is 12.7. The SMILES string of the molecule is CC(Sc1nnc(-c2ccco2)n1C1CCCCC1)C(=O)N1CCNC1=O. The fraction of sp³-hybridized carbons (Fsp3) is 0.556. The molecule has 0 spiro atoms. The average Bonchev–Trinajstić information content (AvgIpc) is 3.42. The Labute approximate surface area is 161 Å². The molecule has 1 aliphatic heterocycles. The minimum atomic E-state index is -0.426. The van der Waals surface area contributed by atoms with Crippen molar-refractivity contribution in [1.29, 1.82) is 0 Å². The monoisotopic (exact) mass is 389 g/mol. The van der Waals surface area contributed by atoms with Gasteiger partial charge in [0, 0.05) is 19.1 Å². The van der Waals surface area contributed by atoms with E-state index >= 15 is 0 Å². The van der Waals surface area contributed by atoms with Crippen LogP contribution in [-0.4, -0.2) is 49.9 Å². The van der Waals surface area contributed by atoms with Gasteiger partial charge in [0.1, 0.15) is 0 Å². The first-order chi connectivity index (χ1) is 13.1. The van der Waals surface area contributed by atoms with E-state index in [1.54, 1.807) is 6.26 Å². The van der Waals surface area contributed by atoms with E-state index in [1.165, 1.54) is 35.9 Å². The topological polar surface area (TPSA) is 93.3 Å². The highest BCUT2D eigenvalue weighted by atomic mass is 32.2. The first-order valence-electron chi connectivity index (χ1n) is 9.40. The van der Waals surface area contributed by atoms with Gasteiger partial charge >= 0.3 is 6.03 Å². The second kappa shape index (κ2) is 7.75. The van der Waals surface area contributed by atoms with Crippen molar-refractivity contribution in [1.82, 2.24) is 25.0 Å². The summed E-state index contributed by atoms with van der Waals surface area (Å²) in [7, 11) is 0. The van der Waals surface area contributed by atoms with Crippen LogP contribution in [0.2, 0.25) is 0 Å².